The number of benzene rings is 1. The van der Waals surface area contributed by atoms with Crippen molar-refractivity contribution in [2.24, 2.45) is 16.7 Å². The summed E-state index contributed by atoms with van der Waals surface area (Å²) in [5, 5.41) is 21.8. The first-order valence-corrected chi connectivity index (χ1v) is 12.5. The number of nitriles is 1. The number of carbonyl (C=O) groups is 1. The highest BCUT2D eigenvalue weighted by Crippen LogP contribution is 2.55. The van der Waals surface area contributed by atoms with Gasteiger partial charge in [-0.05, 0) is 37.0 Å². The van der Waals surface area contributed by atoms with E-state index in [0.717, 1.165) is 12.8 Å². The predicted octanol–water partition coefficient (Wildman–Crippen LogP) is 4.57. The van der Waals surface area contributed by atoms with Gasteiger partial charge < -0.3 is 20.1 Å². The van der Waals surface area contributed by atoms with Crippen molar-refractivity contribution in [3.05, 3.63) is 52.4 Å². The Hall–Kier alpha value is -2.89. The lowest BCUT2D eigenvalue weighted by Crippen LogP contribution is -2.74. The van der Waals surface area contributed by atoms with Crippen LogP contribution in [0.1, 0.15) is 56.5 Å². The van der Waals surface area contributed by atoms with Crippen LogP contribution in [0.2, 0.25) is 5.02 Å². The quantitative estimate of drug-likeness (QED) is 0.586. The highest BCUT2D eigenvalue weighted by molar-refractivity contribution is 6.31. The van der Waals surface area contributed by atoms with Crippen molar-refractivity contribution in [1.82, 2.24) is 10.3 Å². The SMILES string of the molecule is CC1(C)[C@H](NC(=O)c2cnc(N3CCC(CO)CC3)c(F)c2)C(C)(C)[C@H]1Oc1ccc(C#N)c(Cl)c1. The first kappa shape index (κ1) is 26.2. The number of nitrogens with zero attached hydrogens (tertiary/aromatic N) is 3. The third kappa shape index (κ3) is 4.74. The first-order chi connectivity index (χ1) is 17.0. The fourth-order valence-corrected chi connectivity index (χ4v) is 6.14. The fourth-order valence-electron chi connectivity index (χ4n) is 5.93. The summed E-state index contributed by atoms with van der Waals surface area (Å²) in [4.78, 5) is 19.2. The van der Waals surface area contributed by atoms with E-state index >= 15 is 0 Å². The Labute approximate surface area is 216 Å². The highest BCUT2D eigenvalue weighted by Gasteiger charge is 2.64. The second-order valence-corrected chi connectivity index (χ2v) is 11.4. The molecule has 1 aromatic carbocycles. The van der Waals surface area contributed by atoms with Crippen LogP contribution in [-0.2, 0) is 0 Å². The maximum Gasteiger partial charge on any atom is 0.253 e. The molecule has 0 bridgehead atoms. The van der Waals surface area contributed by atoms with E-state index in [4.69, 9.17) is 21.6 Å². The van der Waals surface area contributed by atoms with E-state index in [-0.39, 0.29) is 36.1 Å². The number of carbonyl (C=O) groups excluding carboxylic acids is 1. The van der Waals surface area contributed by atoms with Crippen LogP contribution in [0.4, 0.5) is 10.2 Å². The van der Waals surface area contributed by atoms with Gasteiger partial charge in [-0.15, -0.1) is 0 Å². The third-order valence-corrected chi connectivity index (χ3v) is 8.00. The number of ether oxygens (including phenoxy) is 1. The topological polar surface area (TPSA) is 98.5 Å². The monoisotopic (exact) mass is 514 g/mol. The molecule has 9 heteroatoms. The van der Waals surface area contributed by atoms with Crippen LogP contribution >= 0.6 is 11.6 Å². The molecule has 1 aliphatic heterocycles. The van der Waals surface area contributed by atoms with Gasteiger partial charge in [-0.25, -0.2) is 9.37 Å². The lowest BCUT2D eigenvalue weighted by molar-refractivity contribution is -0.164. The molecule has 2 aliphatic rings. The largest absolute Gasteiger partial charge is 0.489 e. The van der Waals surface area contributed by atoms with E-state index in [9.17, 15) is 14.3 Å². The Bertz CT molecular complexity index is 1170. The molecule has 36 heavy (non-hydrogen) atoms. The number of pyridine rings is 1. The Kier molecular flexibility index (Phi) is 7.18. The number of aliphatic hydroxyl groups excluding tert-OH is 1. The van der Waals surface area contributed by atoms with Crippen LogP contribution in [0, 0.1) is 33.9 Å². The molecule has 1 aliphatic carbocycles. The van der Waals surface area contributed by atoms with Crippen LogP contribution in [0.25, 0.3) is 0 Å². The standard InChI is InChI=1S/C27H32ClFN4O3/c1-26(2)24(27(3,4)25(26)36-19-6-5-17(13-30)20(28)12-19)32-23(35)18-11-21(29)22(31-14-18)33-9-7-16(15-34)8-10-33/h5-6,11-12,14,16,24-25,34H,7-10,15H2,1-4H3,(H,32,35)/t24-,25-. The minimum Gasteiger partial charge on any atom is -0.489 e. The van der Waals surface area contributed by atoms with Crippen molar-refractivity contribution in [3.63, 3.8) is 0 Å². The van der Waals surface area contributed by atoms with Gasteiger partial charge in [-0.3, -0.25) is 4.79 Å². The number of hydrogen-bond acceptors (Lipinski definition) is 6. The Balaban J connectivity index is 1.44. The second-order valence-electron chi connectivity index (χ2n) is 10.9. The zero-order chi connectivity index (χ0) is 26.3. The average Bonchev–Trinajstić information content (AvgIpc) is 2.85. The molecule has 2 aromatic rings. The predicted molar refractivity (Wildman–Crippen MR) is 136 cm³/mol. The maximum absolute atomic E-state index is 14.9. The minimum absolute atomic E-state index is 0.143. The lowest BCUT2D eigenvalue weighted by atomic mass is 9.49. The van der Waals surface area contributed by atoms with Crippen LogP contribution in [-0.4, -0.2) is 47.8 Å². The number of aliphatic hydroxyl groups is 1. The summed E-state index contributed by atoms with van der Waals surface area (Å²) >= 11 is 6.16. The van der Waals surface area contributed by atoms with E-state index in [0.29, 0.717) is 29.4 Å². The van der Waals surface area contributed by atoms with E-state index in [1.807, 2.05) is 38.7 Å². The van der Waals surface area contributed by atoms with Gasteiger partial charge in [0.25, 0.3) is 5.91 Å². The molecule has 2 heterocycles. The number of amides is 1. The molecule has 2 fully saturated rings. The van der Waals surface area contributed by atoms with Crippen molar-refractivity contribution < 1.29 is 19.0 Å². The molecule has 1 amide bonds. The Morgan fingerprint density at radius 1 is 1.28 bits per heavy atom. The summed E-state index contributed by atoms with van der Waals surface area (Å²) in [7, 11) is 0. The third-order valence-electron chi connectivity index (χ3n) is 7.69. The number of rotatable bonds is 6. The summed E-state index contributed by atoms with van der Waals surface area (Å²) < 4.78 is 21.2. The van der Waals surface area contributed by atoms with Gasteiger partial charge in [0.05, 0.1) is 16.1 Å². The molecule has 7 nitrogen and oxygen atoms in total. The van der Waals surface area contributed by atoms with E-state index in [1.54, 1.807) is 18.2 Å². The average molecular weight is 515 g/mol. The normalized spacial score (nSPS) is 22.9. The van der Waals surface area contributed by atoms with Crippen molar-refractivity contribution in [3.8, 4) is 11.8 Å². The Morgan fingerprint density at radius 2 is 1.94 bits per heavy atom. The van der Waals surface area contributed by atoms with E-state index < -0.39 is 22.6 Å². The summed E-state index contributed by atoms with van der Waals surface area (Å²) in [5.74, 6) is 0.112. The van der Waals surface area contributed by atoms with Crippen molar-refractivity contribution >= 4 is 23.3 Å². The number of piperidine rings is 1. The zero-order valence-electron chi connectivity index (χ0n) is 21.0. The van der Waals surface area contributed by atoms with Crippen LogP contribution in [0.15, 0.2) is 30.5 Å². The highest BCUT2D eigenvalue weighted by atomic mass is 35.5. The number of nitrogens with one attached hydrogen (secondary N) is 1. The van der Waals surface area contributed by atoms with Crippen molar-refractivity contribution in [2.45, 2.75) is 52.7 Å². The first-order valence-electron chi connectivity index (χ1n) is 12.2. The van der Waals surface area contributed by atoms with Gasteiger partial charge in [0.15, 0.2) is 11.6 Å². The maximum atomic E-state index is 14.9. The number of halogens is 2. The molecule has 0 unspecified atom stereocenters. The zero-order valence-corrected chi connectivity index (χ0v) is 21.8. The fraction of sp³-hybridized carbons (Fsp3) is 0.519. The lowest BCUT2D eigenvalue weighted by Gasteiger charge is -2.63. The van der Waals surface area contributed by atoms with Crippen LogP contribution < -0.4 is 15.0 Å². The van der Waals surface area contributed by atoms with Gasteiger partial charge in [-0.2, -0.15) is 5.26 Å². The molecule has 2 N–H and O–H groups in total. The number of hydrogen-bond donors (Lipinski definition) is 2. The molecule has 0 atom stereocenters. The number of anilines is 1. The molecular weight excluding hydrogens is 483 g/mol. The molecular formula is C27H32ClFN4O3. The van der Waals surface area contributed by atoms with Gasteiger partial charge in [0.1, 0.15) is 17.9 Å². The van der Waals surface area contributed by atoms with Crippen molar-refractivity contribution in [1.29, 1.82) is 5.26 Å². The molecule has 192 valence electrons. The van der Waals surface area contributed by atoms with Crippen molar-refractivity contribution in [2.75, 3.05) is 24.6 Å². The van der Waals surface area contributed by atoms with Crippen LogP contribution in [0.3, 0.4) is 0 Å². The summed E-state index contributed by atoms with van der Waals surface area (Å²) in [6.07, 6.45) is 2.74. The molecule has 1 saturated heterocycles. The Morgan fingerprint density at radius 3 is 2.50 bits per heavy atom. The smallest absolute Gasteiger partial charge is 0.253 e. The summed E-state index contributed by atoms with van der Waals surface area (Å²) in [6.45, 7) is 9.43. The van der Waals surface area contributed by atoms with Crippen LogP contribution in [0.5, 0.6) is 5.75 Å². The molecule has 0 spiro atoms. The molecule has 1 aromatic heterocycles. The molecule has 4 rings (SSSR count). The summed E-state index contributed by atoms with van der Waals surface area (Å²) in [5.41, 5.74) is -0.315. The number of aromatic nitrogens is 1. The van der Waals surface area contributed by atoms with E-state index in [2.05, 4.69) is 10.3 Å². The molecule has 0 radical (unpaired) electrons. The van der Waals surface area contributed by atoms with Gasteiger partial charge >= 0.3 is 0 Å². The second kappa shape index (κ2) is 9.87. The van der Waals surface area contributed by atoms with Gasteiger partial charge in [-0.1, -0.05) is 39.3 Å². The molecule has 1 saturated carbocycles. The minimum atomic E-state index is -0.531. The van der Waals surface area contributed by atoms with E-state index in [1.165, 1.54) is 12.3 Å². The van der Waals surface area contributed by atoms with Gasteiger partial charge in [0.2, 0.25) is 0 Å². The summed E-state index contributed by atoms with van der Waals surface area (Å²) in [6, 6.07) is 7.99. The van der Waals surface area contributed by atoms with Gasteiger partial charge in [0, 0.05) is 48.8 Å².